The van der Waals surface area contributed by atoms with Crippen LogP contribution in [0, 0.1) is 17.2 Å². The highest BCUT2D eigenvalue weighted by molar-refractivity contribution is 5.42. The van der Waals surface area contributed by atoms with E-state index in [-0.39, 0.29) is 18.9 Å². The van der Waals surface area contributed by atoms with Crippen molar-refractivity contribution in [3.63, 3.8) is 0 Å². The van der Waals surface area contributed by atoms with Gasteiger partial charge in [-0.2, -0.15) is 18.4 Å². The van der Waals surface area contributed by atoms with E-state index in [0.29, 0.717) is 11.4 Å². The van der Waals surface area contributed by atoms with Crippen LogP contribution in [-0.4, -0.2) is 24.2 Å². The number of rotatable bonds is 2. The third kappa shape index (κ3) is 2.40. The van der Waals surface area contributed by atoms with Gasteiger partial charge in [-0.25, -0.2) is 4.98 Å². The standard InChI is InChI=1S/C12H12F3N3/c1-18(10-4-9(5-10)12(13,14)15)11-3-2-8(6-16)7-17-11/h2-3,7,9-10H,4-5H2,1H3/t9-,10+. The SMILES string of the molecule is CN(c1ccc(C#N)cn1)[C@H]1C[C@@H](C(F)(F)F)C1. The van der Waals surface area contributed by atoms with E-state index in [2.05, 4.69) is 4.98 Å². The molecular formula is C12H12F3N3. The molecule has 0 aliphatic heterocycles. The molecular weight excluding hydrogens is 243 g/mol. The van der Waals surface area contributed by atoms with Gasteiger partial charge in [0.05, 0.1) is 11.5 Å². The van der Waals surface area contributed by atoms with Gasteiger partial charge in [-0.1, -0.05) is 0 Å². The van der Waals surface area contributed by atoms with Gasteiger partial charge in [0, 0.05) is 19.3 Å². The molecule has 0 saturated heterocycles. The minimum Gasteiger partial charge on any atom is -0.357 e. The fraction of sp³-hybridized carbons (Fsp3) is 0.500. The highest BCUT2D eigenvalue weighted by atomic mass is 19.4. The van der Waals surface area contributed by atoms with Crippen molar-refractivity contribution in [2.45, 2.75) is 25.1 Å². The van der Waals surface area contributed by atoms with Crippen LogP contribution in [0.15, 0.2) is 18.3 Å². The van der Waals surface area contributed by atoms with E-state index in [0.717, 1.165) is 0 Å². The van der Waals surface area contributed by atoms with Crippen molar-refractivity contribution in [2.24, 2.45) is 5.92 Å². The first-order valence-corrected chi connectivity index (χ1v) is 5.57. The Bertz CT molecular complexity index is 455. The first-order chi connectivity index (χ1) is 8.41. The van der Waals surface area contributed by atoms with E-state index in [1.807, 2.05) is 6.07 Å². The smallest absolute Gasteiger partial charge is 0.357 e. The van der Waals surface area contributed by atoms with Crippen molar-refractivity contribution in [3.8, 4) is 6.07 Å². The first kappa shape index (κ1) is 12.7. The van der Waals surface area contributed by atoms with E-state index < -0.39 is 12.1 Å². The molecule has 0 unspecified atom stereocenters. The quantitative estimate of drug-likeness (QED) is 0.815. The molecule has 1 aliphatic rings. The summed E-state index contributed by atoms with van der Waals surface area (Å²) in [5.41, 5.74) is 0.439. The molecule has 0 N–H and O–H groups in total. The fourth-order valence-corrected chi connectivity index (χ4v) is 2.02. The van der Waals surface area contributed by atoms with Gasteiger partial charge in [-0.15, -0.1) is 0 Å². The van der Waals surface area contributed by atoms with Crippen molar-refractivity contribution in [1.82, 2.24) is 4.98 Å². The Morgan fingerprint density at radius 3 is 2.50 bits per heavy atom. The molecule has 1 saturated carbocycles. The highest BCUT2D eigenvalue weighted by Crippen LogP contribution is 2.43. The summed E-state index contributed by atoms with van der Waals surface area (Å²) in [7, 11) is 1.73. The van der Waals surface area contributed by atoms with Crippen molar-refractivity contribution in [2.75, 3.05) is 11.9 Å². The van der Waals surface area contributed by atoms with Crippen LogP contribution in [0.25, 0.3) is 0 Å². The molecule has 0 aromatic carbocycles. The van der Waals surface area contributed by atoms with Crippen LogP contribution in [-0.2, 0) is 0 Å². The maximum Gasteiger partial charge on any atom is 0.391 e. The Hall–Kier alpha value is -1.77. The average Bonchev–Trinajstić information content (AvgIpc) is 2.25. The van der Waals surface area contributed by atoms with Crippen molar-refractivity contribution >= 4 is 5.82 Å². The molecule has 0 radical (unpaired) electrons. The Morgan fingerprint density at radius 2 is 2.06 bits per heavy atom. The molecule has 1 fully saturated rings. The Morgan fingerprint density at radius 1 is 1.39 bits per heavy atom. The molecule has 0 bridgehead atoms. The summed E-state index contributed by atoms with van der Waals surface area (Å²) in [6.07, 6.45) is -2.44. The van der Waals surface area contributed by atoms with Crippen molar-refractivity contribution in [3.05, 3.63) is 23.9 Å². The number of pyridine rings is 1. The third-order valence-corrected chi connectivity index (χ3v) is 3.36. The molecule has 0 atom stereocenters. The highest BCUT2D eigenvalue weighted by Gasteiger charge is 2.49. The zero-order valence-corrected chi connectivity index (χ0v) is 9.78. The molecule has 3 nitrogen and oxygen atoms in total. The second-order valence-electron chi connectivity index (χ2n) is 4.49. The summed E-state index contributed by atoms with van der Waals surface area (Å²) < 4.78 is 37.1. The van der Waals surface area contributed by atoms with E-state index in [1.54, 1.807) is 24.1 Å². The first-order valence-electron chi connectivity index (χ1n) is 5.57. The molecule has 1 aromatic rings. The zero-order chi connectivity index (χ0) is 13.3. The van der Waals surface area contributed by atoms with Gasteiger partial charge in [0.25, 0.3) is 0 Å². The van der Waals surface area contributed by atoms with Gasteiger partial charge in [0.15, 0.2) is 0 Å². The van der Waals surface area contributed by atoms with Crippen LogP contribution in [0.4, 0.5) is 19.0 Å². The van der Waals surface area contributed by atoms with E-state index in [4.69, 9.17) is 5.26 Å². The van der Waals surface area contributed by atoms with Gasteiger partial charge in [0.2, 0.25) is 0 Å². The molecule has 96 valence electrons. The molecule has 6 heteroatoms. The molecule has 1 heterocycles. The fourth-order valence-electron chi connectivity index (χ4n) is 2.02. The van der Waals surface area contributed by atoms with Crippen LogP contribution in [0.1, 0.15) is 18.4 Å². The normalized spacial score (nSPS) is 23.1. The van der Waals surface area contributed by atoms with Crippen LogP contribution in [0.2, 0.25) is 0 Å². The summed E-state index contributed by atoms with van der Waals surface area (Å²) >= 11 is 0. The number of anilines is 1. The lowest BCUT2D eigenvalue weighted by molar-refractivity contribution is -0.196. The second kappa shape index (κ2) is 4.48. The molecule has 2 rings (SSSR count). The zero-order valence-electron chi connectivity index (χ0n) is 9.78. The maximum absolute atomic E-state index is 12.4. The number of hydrogen-bond acceptors (Lipinski definition) is 3. The van der Waals surface area contributed by atoms with Gasteiger partial charge >= 0.3 is 6.18 Å². The van der Waals surface area contributed by atoms with Crippen molar-refractivity contribution < 1.29 is 13.2 Å². The van der Waals surface area contributed by atoms with Gasteiger partial charge in [-0.3, -0.25) is 0 Å². The van der Waals surface area contributed by atoms with Gasteiger partial charge in [-0.05, 0) is 25.0 Å². The van der Waals surface area contributed by atoms with E-state index in [9.17, 15) is 13.2 Å². The topological polar surface area (TPSA) is 39.9 Å². The van der Waals surface area contributed by atoms with Crippen LogP contribution in [0.5, 0.6) is 0 Å². The Balaban J connectivity index is 1.97. The average molecular weight is 255 g/mol. The summed E-state index contributed by atoms with van der Waals surface area (Å²) in [5.74, 6) is -0.594. The largest absolute Gasteiger partial charge is 0.391 e. The second-order valence-corrected chi connectivity index (χ2v) is 4.49. The van der Waals surface area contributed by atoms with E-state index >= 15 is 0 Å². The predicted octanol–water partition coefficient (Wildman–Crippen LogP) is 2.73. The van der Waals surface area contributed by atoms with Crippen LogP contribution >= 0.6 is 0 Å². The third-order valence-electron chi connectivity index (χ3n) is 3.36. The van der Waals surface area contributed by atoms with Gasteiger partial charge in [0.1, 0.15) is 11.9 Å². The number of alkyl halides is 3. The number of nitrogens with zero attached hydrogens (tertiary/aromatic N) is 3. The lowest BCUT2D eigenvalue weighted by Gasteiger charge is -2.42. The van der Waals surface area contributed by atoms with Gasteiger partial charge < -0.3 is 4.90 Å². The maximum atomic E-state index is 12.4. The molecule has 1 aliphatic carbocycles. The Labute approximate surface area is 103 Å². The lowest BCUT2D eigenvalue weighted by Crippen LogP contribution is -2.48. The number of nitriles is 1. The van der Waals surface area contributed by atoms with Crippen LogP contribution < -0.4 is 4.90 Å². The molecule has 18 heavy (non-hydrogen) atoms. The summed E-state index contributed by atoms with van der Waals surface area (Å²) in [6.45, 7) is 0. The minimum atomic E-state index is -4.09. The summed E-state index contributed by atoms with van der Waals surface area (Å²) in [4.78, 5) is 5.80. The Kier molecular flexibility index (Phi) is 3.16. The molecule has 0 spiro atoms. The molecule has 0 amide bonds. The minimum absolute atomic E-state index is 0.113. The number of aromatic nitrogens is 1. The summed E-state index contributed by atoms with van der Waals surface area (Å²) in [6, 6.07) is 5.08. The predicted molar refractivity (Wildman–Crippen MR) is 59.9 cm³/mol. The number of halogens is 3. The lowest BCUT2D eigenvalue weighted by atomic mass is 9.79. The monoisotopic (exact) mass is 255 g/mol. The van der Waals surface area contributed by atoms with E-state index in [1.165, 1.54) is 6.20 Å². The summed E-state index contributed by atoms with van der Waals surface area (Å²) in [5, 5.41) is 8.63. The molecule has 1 aromatic heterocycles. The number of hydrogen-bond donors (Lipinski definition) is 0. The van der Waals surface area contributed by atoms with Crippen LogP contribution in [0.3, 0.4) is 0 Å². The van der Waals surface area contributed by atoms with Crippen molar-refractivity contribution in [1.29, 1.82) is 5.26 Å².